The molecule has 0 saturated carbocycles. The molecule has 3 aromatic rings. The summed E-state index contributed by atoms with van der Waals surface area (Å²) in [4.78, 5) is 7.77. The third kappa shape index (κ3) is 2.63. The summed E-state index contributed by atoms with van der Waals surface area (Å²) in [7, 11) is 3.26. The molecule has 0 bridgehead atoms. The summed E-state index contributed by atoms with van der Waals surface area (Å²) in [5, 5.41) is 3.24. The van der Waals surface area contributed by atoms with Crippen LogP contribution in [0.25, 0.3) is 11.0 Å². The van der Waals surface area contributed by atoms with Gasteiger partial charge in [-0.2, -0.15) is 0 Å². The van der Waals surface area contributed by atoms with Crippen LogP contribution in [0.1, 0.15) is 5.56 Å². The molecule has 0 amide bonds. The molecule has 5 heteroatoms. The van der Waals surface area contributed by atoms with Crippen LogP contribution in [0, 0.1) is 6.92 Å². The zero-order valence-electron chi connectivity index (χ0n) is 12.2. The number of imidazole rings is 1. The van der Waals surface area contributed by atoms with Crippen molar-refractivity contribution in [1.29, 1.82) is 0 Å². The highest BCUT2D eigenvalue weighted by atomic mass is 16.5. The number of aromatic amines is 1. The van der Waals surface area contributed by atoms with E-state index >= 15 is 0 Å². The quantitative estimate of drug-likeness (QED) is 0.767. The molecule has 0 radical (unpaired) electrons. The van der Waals surface area contributed by atoms with Crippen molar-refractivity contribution in [2.75, 3.05) is 19.5 Å². The van der Waals surface area contributed by atoms with E-state index < -0.39 is 0 Å². The van der Waals surface area contributed by atoms with E-state index in [4.69, 9.17) is 9.47 Å². The minimum Gasteiger partial charge on any atom is -0.497 e. The predicted molar refractivity (Wildman–Crippen MR) is 83.7 cm³/mol. The Morgan fingerprint density at radius 1 is 1.05 bits per heavy atom. The highest BCUT2D eigenvalue weighted by Gasteiger charge is 2.08. The van der Waals surface area contributed by atoms with E-state index in [-0.39, 0.29) is 0 Å². The molecule has 0 aliphatic heterocycles. The van der Waals surface area contributed by atoms with Crippen molar-refractivity contribution >= 4 is 22.7 Å². The molecule has 0 spiro atoms. The Morgan fingerprint density at radius 2 is 1.90 bits per heavy atom. The fraction of sp³-hybridized carbons (Fsp3) is 0.188. The number of hydrogen-bond donors (Lipinski definition) is 2. The minimum absolute atomic E-state index is 0.680. The molecule has 2 aromatic carbocycles. The average Bonchev–Trinajstić information content (AvgIpc) is 2.89. The highest BCUT2D eigenvalue weighted by molar-refractivity contribution is 5.79. The number of fused-ring (bicyclic) bond motifs is 1. The SMILES string of the molecule is COc1ccc(Nc2nc3ccc(C)cc3[nH]2)c(OC)c1. The molecule has 3 rings (SSSR count). The van der Waals surface area contributed by atoms with Gasteiger partial charge < -0.3 is 19.8 Å². The van der Waals surface area contributed by atoms with Gasteiger partial charge in [-0.25, -0.2) is 4.98 Å². The van der Waals surface area contributed by atoms with Crippen LogP contribution in [-0.2, 0) is 0 Å². The fourth-order valence-corrected chi connectivity index (χ4v) is 2.21. The van der Waals surface area contributed by atoms with Gasteiger partial charge in [0.15, 0.2) is 0 Å². The summed E-state index contributed by atoms with van der Waals surface area (Å²) in [6.45, 7) is 2.06. The van der Waals surface area contributed by atoms with Crippen molar-refractivity contribution in [2.24, 2.45) is 0 Å². The minimum atomic E-state index is 0.680. The summed E-state index contributed by atoms with van der Waals surface area (Å²) >= 11 is 0. The summed E-state index contributed by atoms with van der Waals surface area (Å²) in [6.07, 6.45) is 0. The van der Waals surface area contributed by atoms with Crippen LogP contribution in [0.5, 0.6) is 11.5 Å². The van der Waals surface area contributed by atoms with Crippen molar-refractivity contribution in [3.8, 4) is 11.5 Å². The molecule has 108 valence electrons. The van der Waals surface area contributed by atoms with Crippen molar-refractivity contribution in [2.45, 2.75) is 6.92 Å². The molecule has 2 N–H and O–H groups in total. The molecule has 1 aromatic heterocycles. The lowest BCUT2D eigenvalue weighted by Crippen LogP contribution is -1.96. The molecule has 0 atom stereocenters. The molecule has 0 aliphatic carbocycles. The molecular weight excluding hydrogens is 266 g/mol. The van der Waals surface area contributed by atoms with Crippen molar-refractivity contribution < 1.29 is 9.47 Å². The zero-order chi connectivity index (χ0) is 14.8. The molecule has 0 unspecified atom stereocenters. The number of anilines is 2. The Labute approximate surface area is 122 Å². The summed E-state index contributed by atoms with van der Waals surface area (Å²) < 4.78 is 10.6. The maximum Gasteiger partial charge on any atom is 0.205 e. The van der Waals surface area contributed by atoms with Crippen LogP contribution < -0.4 is 14.8 Å². The smallest absolute Gasteiger partial charge is 0.205 e. The van der Waals surface area contributed by atoms with Crippen molar-refractivity contribution in [1.82, 2.24) is 9.97 Å². The van der Waals surface area contributed by atoms with Crippen LogP contribution in [0.2, 0.25) is 0 Å². The van der Waals surface area contributed by atoms with Crippen LogP contribution in [0.15, 0.2) is 36.4 Å². The van der Waals surface area contributed by atoms with Gasteiger partial charge in [0.1, 0.15) is 11.5 Å². The first-order valence-corrected chi connectivity index (χ1v) is 6.65. The Hall–Kier alpha value is -2.69. The molecule has 0 aliphatic rings. The summed E-state index contributed by atoms with van der Waals surface area (Å²) in [5.41, 5.74) is 3.95. The predicted octanol–water partition coefficient (Wildman–Crippen LogP) is 3.63. The largest absolute Gasteiger partial charge is 0.497 e. The standard InChI is InChI=1S/C16H17N3O2/c1-10-4-6-12-14(8-10)19-16(17-12)18-13-7-5-11(20-2)9-15(13)21-3/h4-9H,1-3H3,(H2,17,18,19). The van der Waals surface area contributed by atoms with Gasteiger partial charge in [0.05, 0.1) is 30.9 Å². The average molecular weight is 283 g/mol. The van der Waals surface area contributed by atoms with Gasteiger partial charge in [-0.15, -0.1) is 0 Å². The van der Waals surface area contributed by atoms with Gasteiger partial charge in [-0.05, 0) is 36.8 Å². The number of nitrogens with one attached hydrogen (secondary N) is 2. The van der Waals surface area contributed by atoms with Crippen LogP contribution in [-0.4, -0.2) is 24.2 Å². The Kier molecular flexibility index (Phi) is 3.39. The topological polar surface area (TPSA) is 59.2 Å². The van der Waals surface area contributed by atoms with E-state index in [9.17, 15) is 0 Å². The Balaban J connectivity index is 1.94. The zero-order valence-corrected chi connectivity index (χ0v) is 12.2. The maximum absolute atomic E-state index is 5.37. The Morgan fingerprint density at radius 3 is 2.67 bits per heavy atom. The number of rotatable bonds is 4. The second-order valence-electron chi connectivity index (χ2n) is 4.80. The summed E-state index contributed by atoms with van der Waals surface area (Å²) in [5.74, 6) is 2.13. The third-order valence-corrected chi connectivity index (χ3v) is 3.30. The number of nitrogens with zero attached hydrogens (tertiary/aromatic N) is 1. The van der Waals surface area contributed by atoms with Gasteiger partial charge in [-0.3, -0.25) is 0 Å². The third-order valence-electron chi connectivity index (χ3n) is 3.30. The van der Waals surface area contributed by atoms with Crippen molar-refractivity contribution in [3.63, 3.8) is 0 Å². The molecular formula is C16H17N3O2. The Bertz CT molecular complexity index is 780. The van der Waals surface area contributed by atoms with E-state index in [0.29, 0.717) is 11.7 Å². The van der Waals surface area contributed by atoms with Crippen molar-refractivity contribution in [3.05, 3.63) is 42.0 Å². The highest BCUT2D eigenvalue weighted by Crippen LogP contribution is 2.31. The molecule has 5 nitrogen and oxygen atoms in total. The van der Waals surface area contributed by atoms with E-state index in [1.165, 1.54) is 5.56 Å². The van der Waals surface area contributed by atoms with Gasteiger partial charge in [0, 0.05) is 6.07 Å². The molecule has 0 saturated heterocycles. The number of hydrogen-bond acceptors (Lipinski definition) is 4. The monoisotopic (exact) mass is 283 g/mol. The second kappa shape index (κ2) is 5.36. The molecule has 0 fully saturated rings. The van der Waals surface area contributed by atoms with Crippen LogP contribution >= 0.6 is 0 Å². The van der Waals surface area contributed by atoms with Gasteiger partial charge in [0.25, 0.3) is 0 Å². The summed E-state index contributed by atoms with van der Waals surface area (Å²) in [6, 6.07) is 11.7. The number of aromatic nitrogens is 2. The number of aryl methyl sites for hydroxylation is 1. The van der Waals surface area contributed by atoms with E-state index in [0.717, 1.165) is 22.5 Å². The van der Waals surface area contributed by atoms with Gasteiger partial charge >= 0.3 is 0 Å². The van der Waals surface area contributed by atoms with E-state index in [2.05, 4.69) is 28.3 Å². The van der Waals surface area contributed by atoms with Gasteiger partial charge in [-0.1, -0.05) is 6.07 Å². The number of benzene rings is 2. The maximum atomic E-state index is 5.37. The molecule has 1 heterocycles. The number of ether oxygens (including phenoxy) is 2. The lowest BCUT2D eigenvalue weighted by molar-refractivity contribution is 0.395. The fourth-order valence-electron chi connectivity index (χ4n) is 2.21. The van der Waals surface area contributed by atoms with Crippen LogP contribution in [0.4, 0.5) is 11.6 Å². The lowest BCUT2D eigenvalue weighted by Gasteiger charge is -2.10. The van der Waals surface area contributed by atoms with Crippen LogP contribution in [0.3, 0.4) is 0 Å². The second-order valence-corrected chi connectivity index (χ2v) is 4.80. The van der Waals surface area contributed by atoms with E-state index in [1.54, 1.807) is 14.2 Å². The lowest BCUT2D eigenvalue weighted by atomic mass is 10.2. The molecule has 21 heavy (non-hydrogen) atoms. The normalized spacial score (nSPS) is 10.6. The number of H-pyrrole nitrogens is 1. The first-order chi connectivity index (χ1) is 10.2. The first-order valence-electron chi connectivity index (χ1n) is 6.65. The van der Waals surface area contributed by atoms with E-state index in [1.807, 2.05) is 30.3 Å². The van der Waals surface area contributed by atoms with Gasteiger partial charge in [0.2, 0.25) is 5.95 Å². The number of methoxy groups -OCH3 is 2. The first kappa shape index (κ1) is 13.3.